The lowest BCUT2D eigenvalue weighted by Crippen LogP contribution is -2.73. The molecule has 3 saturated heterocycles. The Kier molecular flexibility index (Phi) is 6.83. The van der Waals surface area contributed by atoms with E-state index in [1.165, 1.54) is 30.3 Å². The van der Waals surface area contributed by atoms with E-state index in [-0.39, 0.29) is 17.7 Å². The van der Waals surface area contributed by atoms with Gasteiger partial charge in [-0.1, -0.05) is 12.1 Å². The van der Waals surface area contributed by atoms with Crippen molar-refractivity contribution in [3.8, 4) is 5.82 Å². The summed E-state index contributed by atoms with van der Waals surface area (Å²) in [5.41, 5.74) is 2.06. The van der Waals surface area contributed by atoms with Crippen LogP contribution in [0.4, 0.5) is 23.1 Å². The highest BCUT2D eigenvalue weighted by atomic mass is 32.2. The Bertz CT molecular complexity index is 1880. The van der Waals surface area contributed by atoms with Crippen LogP contribution in [0.3, 0.4) is 0 Å². The quantitative estimate of drug-likeness (QED) is 0.318. The molecule has 0 bridgehead atoms. The van der Waals surface area contributed by atoms with Gasteiger partial charge in [0.25, 0.3) is 5.56 Å². The van der Waals surface area contributed by atoms with Crippen molar-refractivity contribution in [2.45, 2.75) is 31.0 Å². The van der Waals surface area contributed by atoms with Crippen LogP contribution in [0.25, 0.3) is 16.9 Å². The standard InChI is InChI=1S/C30H35N9O3S/c1-4-14-38-28(40)23-18-31-29(34-27(23)39(38)26-9-5-8-25(33-26)35-43(2,3)41)32-21-10-12-22(13-11-21)37-19-30(20-37)24-7-6-15-36(24)16-17-42-30/h4-5,8-13,18,24H,1,6-7,14-17,19-20H2,2-3H3,(H,31,32,34). The minimum atomic E-state index is -2.42. The molecule has 6 heterocycles. The SMILES string of the molecule is C=CCn1c(=O)c2cnc(Nc3ccc(N4CC5(C4)OCCN4CCCC45)cc3)nc2n1-c1cccc(N=S(C)(C)=O)n1. The molecule has 4 aromatic rings. The van der Waals surface area contributed by atoms with Crippen molar-refractivity contribution < 1.29 is 8.95 Å². The largest absolute Gasteiger partial charge is 0.368 e. The van der Waals surface area contributed by atoms with Crippen molar-refractivity contribution in [2.75, 3.05) is 55.5 Å². The molecular weight excluding hydrogens is 566 g/mol. The Morgan fingerprint density at radius 3 is 2.74 bits per heavy atom. The number of rotatable bonds is 7. The second kappa shape index (κ2) is 10.6. The van der Waals surface area contributed by atoms with Gasteiger partial charge < -0.3 is 15.0 Å². The summed E-state index contributed by atoms with van der Waals surface area (Å²) >= 11 is 0. The average molecular weight is 602 g/mol. The summed E-state index contributed by atoms with van der Waals surface area (Å²) in [7, 11) is -2.42. The fourth-order valence-electron chi connectivity index (χ4n) is 6.54. The molecule has 1 unspecified atom stereocenters. The van der Waals surface area contributed by atoms with Crippen molar-refractivity contribution in [1.29, 1.82) is 0 Å². The summed E-state index contributed by atoms with van der Waals surface area (Å²) in [6.07, 6.45) is 8.73. The Morgan fingerprint density at radius 2 is 1.98 bits per heavy atom. The van der Waals surface area contributed by atoms with E-state index in [2.05, 4.69) is 48.2 Å². The van der Waals surface area contributed by atoms with Crippen LogP contribution < -0.4 is 15.8 Å². The van der Waals surface area contributed by atoms with Gasteiger partial charge in [0, 0.05) is 52.4 Å². The summed E-state index contributed by atoms with van der Waals surface area (Å²) in [6, 6.07) is 13.9. The summed E-state index contributed by atoms with van der Waals surface area (Å²) in [4.78, 5) is 32.0. The van der Waals surface area contributed by atoms with E-state index in [0.717, 1.165) is 37.6 Å². The molecular formula is C30H35N9O3S. The third-order valence-electron chi connectivity index (χ3n) is 8.37. The highest BCUT2D eigenvalue weighted by Crippen LogP contribution is 2.41. The van der Waals surface area contributed by atoms with E-state index >= 15 is 0 Å². The first-order valence-electron chi connectivity index (χ1n) is 14.5. The normalized spacial score (nSPS) is 19.8. The molecule has 1 spiro atoms. The fraction of sp³-hybridized carbons (Fsp3) is 0.400. The van der Waals surface area contributed by atoms with Crippen LogP contribution >= 0.6 is 0 Å². The van der Waals surface area contributed by atoms with Crippen LogP contribution in [0.5, 0.6) is 0 Å². The number of hydrogen-bond donors (Lipinski definition) is 1. The maximum absolute atomic E-state index is 13.3. The first kappa shape index (κ1) is 27.7. The number of nitrogens with zero attached hydrogens (tertiary/aromatic N) is 8. The van der Waals surface area contributed by atoms with Crippen molar-refractivity contribution in [2.24, 2.45) is 4.36 Å². The second-order valence-electron chi connectivity index (χ2n) is 11.7. The number of nitrogens with one attached hydrogen (secondary N) is 1. The van der Waals surface area contributed by atoms with Gasteiger partial charge in [0.05, 0.1) is 26.2 Å². The number of morpholine rings is 1. The van der Waals surface area contributed by atoms with Gasteiger partial charge in [-0.05, 0) is 55.8 Å². The molecule has 0 aliphatic carbocycles. The molecule has 224 valence electrons. The predicted molar refractivity (Wildman–Crippen MR) is 168 cm³/mol. The van der Waals surface area contributed by atoms with Gasteiger partial charge in [0.15, 0.2) is 17.3 Å². The Labute approximate surface area is 250 Å². The number of aromatic nitrogens is 5. The van der Waals surface area contributed by atoms with Crippen molar-refractivity contribution in [3.63, 3.8) is 0 Å². The first-order valence-corrected chi connectivity index (χ1v) is 16.8. The van der Waals surface area contributed by atoms with E-state index in [4.69, 9.17) is 9.72 Å². The van der Waals surface area contributed by atoms with Crippen LogP contribution in [0.15, 0.2) is 70.5 Å². The van der Waals surface area contributed by atoms with Gasteiger partial charge in [0.2, 0.25) is 5.95 Å². The Morgan fingerprint density at radius 1 is 1.16 bits per heavy atom. The average Bonchev–Trinajstić information content (AvgIpc) is 3.55. The monoisotopic (exact) mass is 601 g/mol. The maximum Gasteiger partial charge on any atom is 0.278 e. The third-order valence-corrected chi connectivity index (χ3v) is 9.00. The molecule has 13 heteroatoms. The molecule has 7 rings (SSSR count). The molecule has 3 aliphatic heterocycles. The number of hydrogen-bond acceptors (Lipinski definition) is 10. The zero-order chi connectivity index (χ0) is 29.8. The number of ether oxygens (including phenoxy) is 1. The number of fused-ring (bicyclic) bond motifs is 3. The highest BCUT2D eigenvalue weighted by molar-refractivity contribution is 7.92. The molecule has 12 nitrogen and oxygen atoms in total. The van der Waals surface area contributed by atoms with E-state index in [1.54, 1.807) is 41.5 Å². The van der Waals surface area contributed by atoms with Crippen molar-refractivity contribution in [1.82, 2.24) is 29.2 Å². The molecule has 3 fully saturated rings. The number of benzene rings is 1. The van der Waals surface area contributed by atoms with Gasteiger partial charge in [-0.2, -0.15) is 9.35 Å². The van der Waals surface area contributed by atoms with E-state index in [9.17, 15) is 9.00 Å². The lowest BCUT2D eigenvalue weighted by atomic mass is 9.82. The van der Waals surface area contributed by atoms with Crippen LogP contribution in [0, 0.1) is 0 Å². The van der Waals surface area contributed by atoms with E-state index < -0.39 is 9.73 Å². The molecule has 1 N–H and O–H groups in total. The van der Waals surface area contributed by atoms with Gasteiger partial charge in [-0.15, -0.1) is 6.58 Å². The number of allylic oxidation sites excluding steroid dienone is 1. The molecule has 0 radical (unpaired) electrons. The predicted octanol–water partition coefficient (Wildman–Crippen LogP) is 3.32. The van der Waals surface area contributed by atoms with Gasteiger partial charge in [-0.3, -0.25) is 9.69 Å². The van der Waals surface area contributed by atoms with E-state index in [0.29, 0.717) is 34.7 Å². The molecule has 43 heavy (non-hydrogen) atoms. The molecule has 0 amide bonds. The smallest absolute Gasteiger partial charge is 0.278 e. The Balaban J connectivity index is 1.15. The topological polar surface area (TPSA) is 123 Å². The molecule has 1 atom stereocenters. The van der Waals surface area contributed by atoms with Crippen molar-refractivity contribution in [3.05, 3.63) is 71.7 Å². The fourth-order valence-corrected chi connectivity index (χ4v) is 7.09. The van der Waals surface area contributed by atoms with Crippen LogP contribution in [-0.4, -0.2) is 90.4 Å². The highest BCUT2D eigenvalue weighted by Gasteiger charge is 2.55. The van der Waals surface area contributed by atoms with Gasteiger partial charge in [-0.25, -0.2) is 23.5 Å². The molecule has 0 saturated carbocycles. The maximum atomic E-state index is 13.3. The van der Waals surface area contributed by atoms with Gasteiger partial charge >= 0.3 is 0 Å². The summed E-state index contributed by atoms with van der Waals surface area (Å²) in [5, 5.41) is 3.62. The minimum absolute atomic E-state index is 0.0401. The van der Waals surface area contributed by atoms with Crippen LogP contribution in [0.2, 0.25) is 0 Å². The first-order chi connectivity index (χ1) is 20.7. The zero-order valence-electron chi connectivity index (χ0n) is 24.3. The van der Waals surface area contributed by atoms with E-state index in [1.807, 2.05) is 12.1 Å². The Hall–Kier alpha value is -4.07. The second-order valence-corrected chi connectivity index (χ2v) is 14.2. The number of anilines is 3. The lowest BCUT2D eigenvalue weighted by Gasteiger charge is -2.57. The molecule has 3 aromatic heterocycles. The van der Waals surface area contributed by atoms with Gasteiger partial charge in [0.1, 0.15) is 11.0 Å². The van der Waals surface area contributed by atoms with Crippen LogP contribution in [0.1, 0.15) is 12.8 Å². The third kappa shape index (κ3) is 5.11. The summed E-state index contributed by atoms with van der Waals surface area (Å²) in [6.45, 7) is 8.92. The summed E-state index contributed by atoms with van der Waals surface area (Å²) in [5.74, 6) is 1.07. The molecule has 3 aliphatic rings. The zero-order valence-corrected chi connectivity index (χ0v) is 25.2. The van der Waals surface area contributed by atoms with Crippen LogP contribution in [-0.2, 0) is 21.0 Å². The number of pyridine rings is 1. The van der Waals surface area contributed by atoms with Crippen molar-refractivity contribution >= 4 is 43.9 Å². The molecule has 1 aromatic carbocycles. The minimum Gasteiger partial charge on any atom is -0.368 e. The lowest BCUT2D eigenvalue weighted by molar-refractivity contribution is -0.149. The summed E-state index contributed by atoms with van der Waals surface area (Å²) < 4.78 is 25.9.